The van der Waals surface area contributed by atoms with E-state index >= 15 is 0 Å². The van der Waals surface area contributed by atoms with Gasteiger partial charge in [-0.1, -0.05) is 22.0 Å². The molecule has 0 aliphatic carbocycles. The molecule has 0 unspecified atom stereocenters. The third kappa shape index (κ3) is 2.73. The summed E-state index contributed by atoms with van der Waals surface area (Å²) in [7, 11) is 0. The number of nitrogens with zero attached hydrogens (tertiary/aromatic N) is 1. The molecule has 0 bridgehead atoms. The van der Waals surface area contributed by atoms with Crippen molar-refractivity contribution in [1.29, 1.82) is 0 Å². The Balaban J connectivity index is 2.05. The second kappa shape index (κ2) is 4.99. The van der Waals surface area contributed by atoms with Crippen molar-refractivity contribution in [3.05, 3.63) is 52.8 Å². The number of hydrogen-bond donors (Lipinski definition) is 1. The molecule has 0 fully saturated rings. The van der Waals surface area contributed by atoms with E-state index in [1.54, 1.807) is 36.7 Å². The van der Waals surface area contributed by atoms with Crippen LogP contribution in [-0.4, -0.2) is 10.1 Å². The zero-order chi connectivity index (χ0) is 11.4. The average molecular weight is 280 g/mol. The molecule has 0 aliphatic rings. The summed E-state index contributed by atoms with van der Waals surface area (Å²) in [6.45, 7) is 0.415. The lowest BCUT2D eigenvalue weighted by atomic mass is 10.3. The number of phenols is 1. The van der Waals surface area contributed by atoms with Crippen LogP contribution in [0.15, 0.2) is 47.2 Å². The molecule has 1 heterocycles. The van der Waals surface area contributed by atoms with E-state index in [1.165, 1.54) is 0 Å². The zero-order valence-electron chi connectivity index (χ0n) is 8.43. The Bertz CT molecular complexity index is 488. The number of aromatic nitrogens is 1. The summed E-state index contributed by atoms with van der Waals surface area (Å²) in [5.41, 5.74) is 0.964. The number of hydrogen-bond acceptors (Lipinski definition) is 3. The highest BCUT2D eigenvalue weighted by atomic mass is 79.9. The Hall–Kier alpha value is -1.55. The van der Waals surface area contributed by atoms with E-state index in [4.69, 9.17) is 4.74 Å². The van der Waals surface area contributed by atoms with E-state index in [0.717, 1.165) is 10.0 Å². The van der Waals surface area contributed by atoms with Gasteiger partial charge in [0.25, 0.3) is 0 Å². The molecule has 0 atom stereocenters. The summed E-state index contributed by atoms with van der Waals surface area (Å²) in [6, 6.07) is 8.57. The van der Waals surface area contributed by atoms with E-state index in [-0.39, 0.29) is 5.75 Å². The van der Waals surface area contributed by atoms with Gasteiger partial charge in [-0.25, -0.2) is 0 Å². The number of ether oxygens (including phenoxy) is 1. The Labute approximate surface area is 102 Å². The van der Waals surface area contributed by atoms with Gasteiger partial charge in [-0.15, -0.1) is 0 Å². The maximum atomic E-state index is 9.26. The SMILES string of the molecule is Oc1cccc(OCc2cnccc2Br)c1. The van der Waals surface area contributed by atoms with E-state index in [0.29, 0.717) is 12.4 Å². The van der Waals surface area contributed by atoms with E-state index in [1.807, 2.05) is 6.07 Å². The molecule has 0 radical (unpaired) electrons. The average Bonchev–Trinajstić information content (AvgIpc) is 2.28. The lowest BCUT2D eigenvalue weighted by Gasteiger charge is -2.07. The van der Waals surface area contributed by atoms with Gasteiger partial charge in [-0.3, -0.25) is 4.98 Å². The summed E-state index contributed by atoms with van der Waals surface area (Å²) in [6.07, 6.45) is 3.45. The van der Waals surface area contributed by atoms with Crippen molar-refractivity contribution in [2.45, 2.75) is 6.61 Å². The van der Waals surface area contributed by atoms with Crippen LogP contribution in [0.25, 0.3) is 0 Å². The Morgan fingerprint density at radius 3 is 2.94 bits per heavy atom. The van der Waals surface area contributed by atoms with Gasteiger partial charge in [0.2, 0.25) is 0 Å². The second-order valence-corrected chi connectivity index (χ2v) is 4.11. The molecule has 2 aromatic rings. The zero-order valence-corrected chi connectivity index (χ0v) is 10.0. The molecule has 4 heteroatoms. The molecule has 0 saturated heterocycles. The van der Waals surface area contributed by atoms with Crippen molar-refractivity contribution in [3.63, 3.8) is 0 Å². The first-order chi connectivity index (χ1) is 7.75. The van der Waals surface area contributed by atoms with Crippen molar-refractivity contribution >= 4 is 15.9 Å². The summed E-state index contributed by atoms with van der Waals surface area (Å²) in [4.78, 5) is 4.02. The first kappa shape index (κ1) is 11.0. The maximum Gasteiger partial charge on any atom is 0.123 e. The molecule has 16 heavy (non-hydrogen) atoms. The van der Waals surface area contributed by atoms with Crippen LogP contribution in [0.3, 0.4) is 0 Å². The normalized spacial score (nSPS) is 10.1. The predicted molar refractivity (Wildman–Crippen MR) is 64.4 cm³/mol. The summed E-state index contributed by atoms with van der Waals surface area (Å²) in [5, 5.41) is 9.26. The fraction of sp³-hybridized carbons (Fsp3) is 0.0833. The molecule has 1 aromatic carbocycles. The Morgan fingerprint density at radius 1 is 1.31 bits per heavy atom. The second-order valence-electron chi connectivity index (χ2n) is 3.25. The number of pyridine rings is 1. The summed E-state index contributed by atoms with van der Waals surface area (Å²) >= 11 is 3.41. The molecule has 1 aromatic heterocycles. The van der Waals surface area contributed by atoms with Crippen molar-refractivity contribution in [3.8, 4) is 11.5 Å². The molecular weight excluding hydrogens is 270 g/mol. The van der Waals surface area contributed by atoms with Crippen molar-refractivity contribution in [2.75, 3.05) is 0 Å². The lowest BCUT2D eigenvalue weighted by Crippen LogP contribution is -1.96. The van der Waals surface area contributed by atoms with Crippen LogP contribution in [0.1, 0.15) is 5.56 Å². The van der Waals surface area contributed by atoms with E-state index in [9.17, 15) is 5.11 Å². The molecule has 0 saturated carbocycles. The molecule has 3 nitrogen and oxygen atoms in total. The maximum absolute atomic E-state index is 9.26. The van der Waals surface area contributed by atoms with Crippen LogP contribution >= 0.6 is 15.9 Å². The van der Waals surface area contributed by atoms with Crippen LogP contribution in [0.5, 0.6) is 11.5 Å². The Kier molecular flexibility index (Phi) is 3.41. The molecule has 82 valence electrons. The lowest BCUT2D eigenvalue weighted by molar-refractivity contribution is 0.303. The van der Waals surface area contributed by atoms with Gasteiger partial charge in [0, 0.05) is 28.5 Å². The van der Waals surface area contributed by atoms with Gasteiger partial charge in [0.15, 0.2) is 0 Å². The monoisotopic (exact) mass is 279 g/mol. The van der Waals surface area contributed by atoms with Crippen LogP contribution in [0.4, 0.5) is 0 Å². The standard InChI is InChI=1S/C12H10BrNO2/c13-12-4-5-14-7-9(12)8-16-11-3-1-2-10(15)6-11/h1-7,15H,8H2. The third-order valence-electron chi connectivity index (χ3n) is 2.06. The van der Waals surface area contributed by atoms with Gasteiger partial charge in [0.1, 0.15) is 18.1 Å². The number of phenolic OH excluding ortho intramolecular Hbond substituents is 1. The van der Waals surface area contributed by atoms with Crippen molar-refractivity contribution in [1.82, 2.24) is 4.98 Å². The molecule has 0 amide bonds. The summed E-state index contributed by atoms with van der Waals surface area (Å²) in [5.74, 6) is 0.832. The number of halogens is 1. The molecule has 0 aliphatic heterocycles. The Morgan fingerprint density at radius 2 is 2.19 bits per heavy atom. The first-order valence-corrected chi connectivity index (χ1v) is 5.55. The fourth-order valence-electron chi connectivity index (χ4n) is 1.25. The van der Waals surface area contributed by atoms with Crippen molar-refractivity contribution < 1.29 is 9.84 Å². The fourth-order valence-corrected chi connectivity index (χ4v) is 1.59. The third-order valence-corrected chi connectivity index (χ3v) is 2.83. The largest absolute Gasteiger partial charge is 0.508 e. The van der Waals surface area contributed by atoms with Crippen molar-refractivity contribution in [2.24, 2.45) is 0 Å². The minimum Gasteiger partial charge on any atom is -0.508 e. The predicted octanol–water partition coefficient (Wildman–Crippen LogP) is 3.13. The van der Waals surface area contributed by atoms with Crippen LogP contribution in [0, 0.1) is 0 Å². The number of benzene rings is 1. The van der Waals surface area contributed by atoms with Gasteiger partial charge in [0.05, 0.1) is 0 Å². The topological polar surface area (TPSA) is 42.4 Å². The van der Waals surface area contributed by atoms with Crippen LogP contribution in [-0.2, 0) is 6.61 Å². The molecule has 2 rings (SSSR count). The quantitative estimate of drug-likeness (QED) is 0.939. The van der Waals surface area contributed by atoms with Crippen LogP contribution in [0.2, 0.25) is 0 Å². The minimum atomic E-state index is 0.197. The summed E-state index contributed by atoms with van der Waals surface area (Å²) < 4.78 is 6.48. The molecular formula is C12H10BrNO2. The van der Waals surface area contributed by atoms with Gasteiger partial charge in [-0.2, -0.15) is 0 Å². The molecule has 0 spiro atoms. The minimum absolute atomic E-state index is 0.197. The van der Waals surface area contributed by atoms with E-state index in [2.05, 4.69) is 20.9 Å². The highest BCUT2D eigenvalue weighted by molar-refractivity contribution is 9.10. The van der Waals surface area contributed by atoms with Crippen LogP contribution < -0.4 is 4.74 Å². The molecule has 1 N–H and O–H groups in total. The van der Waals surface area contributed by atoms with Gasteiger partial charge in [-0.05, 0) is 18.2 Å². The number of aromatic hydroxyl groups is 1. The van der Waals surface area contributed by atoms with E-state index < -0.39 is 0 Å². The van der Waals surface area contributed by atoms with Gasteiger partial charge >= 0.3 is 0 Å². The van der Waals surface area contributed by atoms with Gasteiger partial charge < -0.3 is 9.84 Å². The smallest absolute Gasteiger partial charge is 0.123 e. The first-order valence-electron chi connectivity index (χ1n) is 4.76. The highest BCUT2D eigenvalue weighted by Crippen LogP contribution is 2.21. The highest BCUT2D eigenvalue weighted by Gasteiger charge is 2.01. The number of rotatable bonds is 3.